The number of nitrogens with one attached hydrogen (secondary N) is 1. The first-order valence-corrected chi connectivity index (χ1v) is 6.59. The molecule has 0 fully saturated rings. The lowest BCUT2D eigenvalue weighted by molar-refractivity contribution is 0.555. The number of hydrogen-bond acceptors (Lipinski definition) is 4. The lowest BCUT2D eigenvalue weighted by atomic mass is 10.1. The van der Waals surface area contributed by atoms with E-state index in [0.29, 0.717) is 0 Å². The normalized spacial score (nSPS) is 12.9. The van der Waals surface area contributed by atoms with Gasteiger partial charge in [-0.2, -0.15) is 0 Å². The van der Waals surface area contributed by atoms with Crippen molar-refractivity contribution in [2.75, 3.05) is 0 Å². The fourth-order valence-corrected chi connectivity index (χ4v) is 3.16. The smallest absolute Gasteiger partial charge is 0.0519 e. The van der Waals surface area contributed by atoms with Gasteiger partial charge in [-0.1, -0.05) is 6.07 Å². The van der Waals surface area contributed by atoms with E-state index in [-0.39, 0.29) is 6.04 Å². The van der Waals surface area contributed by atoms with Gasteiger partial charge in [0, 0.05) is 16.2 Å². The van der Waals surface area contributed by atoms with Gasteiger partial charge in [0.1, 0.15) is 0 Å². The summed E-state index contributed by atoms with van der Waals surface area (Å²) < 4.78 is 0. The predicted octanol–water partition coefficient (Wildman–Crippen LogP) is 2.87. The van der Waals surface area contributed by atoms with Crippen LogP contribution in [0.1, 0.15) is 21.4 Å². The van der Waals surface area contributed by atoms with Crippen LogP contribution < -0.4 is 11.3 Å². The summed E-state index contributed by atoms with van der Waals surface area (Å²) >= 11 is 3.55. The molecule has 0 spiro atoms. The van der Waals surface area contributed by atoms with Gasteiger partial charge in [-0.3, -0.25) is 11.3 Å². The maximum atomic E-state index is 5.61. The monoisotopic (exact) mass is 238 g/mol. The van der Waals surface area contributed by atoms with Crippen molar-refractivity contribution >= 4 is 22.7 Å². The Morgan fingerprint density at radius 3 is 2.73 bits per heavy atom. The topological polar surface area (TPSA) is 38.0 Å². The van der Waals surface area contributed by atoms with E-state index in [1.807, 2.05) is 0 Å². The molecule has 0 amide bonds. The molecule has 0 radical (unpaired) electrons. The first kappa shape index (κ1) is 10.8. The maximum Gasteiger partial charge on any atom is 0.0519 e. The fourth-order valence-electron chi connectivity index (χ4n) is 1.64. The van der Waals surface area contributed by atoms with Gasteiger partial charge >= 0.3 is 0 Å². The minimum Gasteiger partial charge on any atom is -0.271 e. The second kappa shape index (κ2) is 4.90. The molecule has 4 heteroatoms. The second-order valence-corrected chi connectivity index (χ2v) is 5.59. The van der Waals surface area contributed by atoms with E-state index in [1.165, 1.54) is 15.3 Å². The average Bonchev–Trinajstić information content (AvgIpc) is 2.85. The van der Waals surface area contributed by atoms with Crippen LogP contribution in [0.4, 0.5) is 0 Å². The van der Waals surface area contributed by atoms with E-state index in [1.54, 1.807) is 22.7 Å². The highest BCUT2D eigenvalue weighted by Gasteiger charge is 2.13. The van der Waals surface area contributed by atoms with Crippen molar-refractivity contribution in [1.82, 2.24) is 5.43 Å². The highest BCUT2D eigenvalue weighted by Crippen LogP contribution is 2.26. The summed E-state index contributed by atoms with van der Waals surface area (Å²) in [5.74, 6) is 5.61. The predicted molar refractivity (Wildman–Crippen MR) is 67.1 cm³/mol. The van der Waals surface area contributed by atoms with E-state index in [9.17, 15) is 0 Å². The maximum absolute atomic E-state index is 5.61. The molecule has 2 aromatic rings. The molecule has 0 saturated carbocycles. The van der Waals surface area contributed by atoms with Gasteiger partial charge in [0.25, 0.3) is 0 Å². The number of thiophene rings is 2. The molecular weight excluding hydrogens is 224 g/mol. The van der Waals surface area contributed by atoms with Crippen LogP contribution in [0.3, 0.4) is 0 Å². The standard InChI is InChI=1S/C11H14N2S2/c1-8-10(4-6-14-8)11(13-12)7-9-3-2-5-15-9/h2-6,11,13H,7,12H2,1H3. The Hall–Kier alpha value is -0.680. The molecule has 0 aliphatic rings. The zero-order valence-electron chi connectivity index (χ0n) is 8.57. The molecule has 1 unspecified atom stereocenters. The molecule has 15 heavy (non-hydrogen) atoms. The summed E-state index contributed by atoms with van der Waals surface area (Å²) in [6.07, 6.45) is 0.964. The largest absolute Gasteiger partial charge is 0.271 e. The molecule has 2 heterocycles. The van der Waals surface area contributed by atoms with Crippen LogP contribution in [0.25, 0.3) is 0 Å². The average molecular weight is 238 g/mol. The molecular formula is C11H14N2S2. The molecule has 0 saturated heterocycles. The quantitative estimate of drug-likeness (QED) is 0.635. The van der Waals surface area contributed by atoms with Crippen molar-refractivity contribution in [1.29, 1.82) is 0 Å². The number of hydrazine groups is 1. The molecule has 80 valence electrons. The summed E-state index contributed by atoms with van der Waals surface area (Å²) in [5, 5.41) is 4.22. The molecule has 0 aliphatic carbocycles. The van der Waals surface area contributed by atoms with Gasteiger partial charge in [0.05, 0.1) is 6.04 Å². The third-order valence-electron chi connectivity index (χ3n) is 2.46. The van der Waals surface area contributed by atoms with Crippen LogP contribution in [0, 0.1) is 6.92 Å². The molecule has 2 nitrogen and oxygen atoms in total. The lowest BCUT2D eigenvalue weighted by Crippen LogP contribution is -2.29. The van der Waals surface area contributed by atoms with Crippen molar-refractivity contribution in [3.63, 3.8) is 0 Å². The van der Waals surface area contributed by atoms with E-state index in [0.717, 1.165) is 6.42 Å². The highest BCUT2D eigenvalue weighted by atomic mass is 32.1. The number of hydrogen-bond donors (Lipinski definition) is 2. The van der Waals surface area contributed by atoms with Crippen molar-refractivity contribution in [3.05, 3.63) is 44.3 Å². The molecule has 0 aliphatic heterocycles. The van der Waals surface area contributed by atoms with Gasteiger partial charge in [-0.25, -0.2) is 0 Å². The Bertz CT molecular complexity index is 406. The van der Waals surface area contributed by atoms with E-state index < -0.39 is 0 Å². The fraction of sp³-hybridized carbons (Fsp3) is 0.273. The first-order chi connectivity index (χ1) is 7.31. The van der Waals surface area contributed by atoms with Crippen molar-refractivity contribution in [2.45, 2.75) is 19.4 Å². The van der Waals surface area contributed by atoms with Gasteiger partial charge in [-0.15, -0.1) is 22.7 Å². The summed E-state index contributed by atoms with van der Waals surface area (Å²) in [5.41, 5.74) is 4.21. The molecule has 1 atom stereocenters. The number of nitrogens with two attached hydrogens (primary N) is 1. The van der Waals surface area contributed by atoms with Crippen molar-refractivity contribution in [3.8, 4) is 0 Å². The third-order valence-corrected chi connectivity index (χ3v) is 4.22. The Morgan fingerprint density at radius 2 is 2.20 bits per heavy atom. The second-order valence-electron chi connectivity index (χ2n) is 3.43. The minimum absolute atomic E-state index is 0.231. The number of rotatable bonds is 4. The van der Waals surface area contributed by atoms with Gasteiger partial charge in [-0.05, 0) is 35.4 Å². The van der Waals surface area contributed by atoms with Gasteiger partial charge in [0.15, 0.2) is 0 Å². The molecule has 2 aromatic heterocycles. The minimum atomic E-state index is 0.231. The molecule has 3 N–H and O–H groups in total. The van der Waals surface area contributed by atoms with E-state index in [4.69, 9.17) is 5.84 Å². The van der Waals surface area contributed by atoms with Crippen LogP contribution in [0.5, 0.6) is 0 Å². The summed E-state index contributed by atoms with van der Waals surface area (Å²) in [4.78, 5) is 2.71. The third kappa shape index (κ3) is 2.46. The van der Waals surface area contributed by atoms with E-state index >= 15 is 0 Å². The Labute approximate surface area is 97.7 Å². The molecule has 0 bridgehead atoms. The molecule has 2 rings (SSSR count). The van der Waals surface area contributed by atoms with Crippen LogP contribution >= 0.6 is 22.7 Å². The summed E-state index contributed by atoms with van der Waals surface area (Å²) in [7, 11) is 0. The lowest BCUT2D eigenvalue weighted by Gasteiger charge is -2.14. The van der Waals surface area contributed by atoms with Crippen LogP contribution in [-0.4, -0.2) is 0 Å². The summed E-state index contributed by atoms with van der Waals surface area (Å²) in [6.45, 7) is 2.14. The molecule has 0 aromatic carbocycles. The Kier molecular flexibility index (Phi) is 3.53. The Balaban J connectivity index is 2.15. The van der Waals surface area contributed by atoms with Crippen molar-refractivity contribution in [2.24, 2.45) is 5.84 Å². The number of aryl methyl sites for hydroxylation is 1. The zero-order valence-corrected chi connectivity index (χ0v) is 10.2. The van der Waals surface area contributed by atoms with E-state index in [2.05, 4.69) is 41.3 Å². The first-order valence-electron chi connectivity index (χ1n) is 4.83. The highest BCUT2D eigenvalue weighted by molar-refractivity contribution is 7.10. The van der Waals surface area contributed by atoms with Gasteiger partial charge in [0.2, 0.25) is 0 Å². The SMILES string of the molecule is Cc1sccc1C(Cc1cccs1)NN. The summed E-state index contributed by atoms with van der Waals surface area (Å²) in [6, 6.07) is 6.61. The van der Waals surface area contributed by atoms with Crippen molar-refractivity contribution < 1.29 is 0 Å². The zero-order chi connectivity index (χ0) is 10.7. The van der Waals surface area contributed by atoms with Gasteiger partial charge < -0.3 is 0 Å². The van der Waals surface area contributed by atoms with Crippen LogP contribution in [0.2, 0.25) is 0 Å². The van der Waals surface area contributed by atoms with Crippen LogP contribution in [-0.2, 0) is 6.42 Å². The Morgan fingerprint density at radius 1 is 1.33 bits per heavy atom. The van der Waals surface area contributed by atoms with Crippen LogP contribution in [0.15, 0.2) is 29.0 Å².